The van der Waals surface area contributed by atoms with Crippen molar-refractivity contribution in [2.75, 3.05) is 7.05 Å². The van der Waals surface area contributed by atoms with Gasteiger partial charge in [-0.25, -0.2) is 9.18 Å². The van der Waals surface area contributed by atoms with Crippen LogP contribution >= 0.6 is 0 Å². The average Bonchev–Trinajstić information content (AvgIpc) is 3.47. The van der Waals surface area contributed by atoms with Crippen LogP contribution in [0.25, 0.3) is 11.1 Å². The lowest BCUT2D eigenvalue weighted by Crippen LogP contribution is -2.22. The highest BCUT2D eigenvalue weighted by Gasteiger charge is 2.27. The fourth-order valence-corrected chi connectivity index (χ4v) is 3.33. The predicted octanol–water partition coefficient (Wildman–Crippen LogP) is 4.28. The Balaban J connectivity index is 1.94. The molecule has 1 saturated carbocycles. The third-order valence-electron chi connectivity index (χ3n) is 4.99. The number of hydrogen-bond acceptors (Lipinski definition) is 4. The number of carbonyl (C=O) groups is 2. The van der Waals surface area contributed by atoms with Crippen molar-refractivity contribution in [1.82, 2.24) is 4.90 Å². The molecule has 0 spiro atoms. The van der Waals surface area contributed by atoms with Crippen LogP contribution in [0.2, 0.25) is 0 Å². The maximum absolute atomic E-state index is 14.3. The Bertz CT molecular complexity index is 921. The topological polar surface area (TPSA) is 66.8 Å². The first kappa shape index (κ1) is 21.0. The van der Waals surface area contributed by atoms with E-state index in [1.54, 1.807) is 18.2 Å². The minimum Gasteiger partial charge on any atom is -0.481 e. The van der Waals surface area contributed by atoms with Gasteiger partial charge in [0, 0.05) is 12.6 Å². The summed E-state index contributed by atoms with van der Waals surface area (Å²) in [7, 11) is 2.03. The number of rotatable bonds is 8. The van der Waals surface area contributed by atoms with Crippen molar-refractivity contribution < 1.29 is 23.8 Å². The average molecular weight is 399 g/mol. The van der Waals surface area contributed by atoms with Crippen molar-refractivity contribution >= 4 is 11.9 Å². The standard InChI is InChI=1S/C23H26FNO4/c1-14(2)29-23(28)20-9-6-15(10-18(20)13-25(3)19-7-8-19)16-4-5-17(12-22(26)27)21(24)11-16/h4-6,9-11,14,19H,7-8,12-13H2,1-3H3,(H,26,27). The van der Waals surface area contributed by atoms with E-state index in [2.05, 4.69) is 4.90 Å². The second-order valence-corrected chi connectivity index (χ2v) is 7.85. The van der Waals surface area contributed by atoms with Crippen LogP contribution in [0.15, 0.2) is 36.4 Å². The minimum atomic E-state index is -1.07. The van der Waals surface area contributed by atoms with Gasteiger partial charge in [-0.1, -0.05) is 18.2 Å². The molecule has 0 aromatic heterocycles. The molecular formula is C23H26FNO4. The molecule has 1 fully saturated rings. The van der Waals surface area contributed by atoms with E-state index in [9.17, 15) is 14.0 Å². The number of halogens is 1. The summed E-state index contributed by atoms with van der Waals surface area (Å²) in [6, 6.07) is 10.4. The first-order valence-corrected chi connectivity index (χ1v) is 9.79. The van der Waals surface area contributed by atoms with E-state index in [-0.39, 0.29) is 24.1 Å². The predicted molar refractivity (Wildman–Crippen MR) is 108 cm³/mol. The normalized spacial score (nSPS) is 13.7. The summed E-state index contributed by atoms with van der Waals surface area (Å²) in [6.45, 7) is 4.22. The molecule has 3 rings (SSSR count). The van der Waals surface area contributed by atoms with Gasteiger partial charge < -0.3 is 9.84 Å². The SMILES string of the molecule is CC(C)OC(=O)c1ccc(-c2ccc(CC(=O)O)c(F)c2)cc1CN(C)C1CC1. The molecular weight excluding hydrogens is 373 g/mol. The lowest BCUT2D eigenvalue weighted by molar-refractivity contribution is -0.136. The quantitative estimate of drug-likeness (QED) is 0.671. The molecule has 0 unspecified atom stereocenters. The highest BCUT2D eigenvalue weighted by atomic mass is 19.1. The molecule has 2 aromatic carbocycles. The van der Waals surface area contributed by atoms with Crippen molar-refractivity contribution in [1.29, 1.82) is 0 Å². The molecule has 0 amide bonds. The van der Waals surface area contributed by atoms with Gasteiger partial charge in [0.1, 0.15) is 5.82 Å². The maximum atomic E-state index is 14.3. The molecule has 29 heavy (non-hydrogen) atoms. The lowest BCUT2D eigenvalue weighted by atomic mass is 9.97. The molecule has 2 aromatic rings. The Kier molecular flexibility index (Phi) is 6.33. The molecule has 1 N–H and O–H groups in total. The summed E-state index contributed by atoms with van der Waals surface area (Å²) in [5.74, 6) is -1.99. The molecule has 5 nitrogen and oxygen atoms in total. The van der Waals surface area contributed by atoms with E-state index in [1.807, 2.05) is 27.0 Å². The number of carboxylic acid groups (broad SMARTS) is 1. The molecule has 154 valence electrons. The minimum absolute atomic E-state index is 0.145. The van der Waals surface area contributed by atoms with Crippen molar-refractivity contribution in [2.24, 2.45) is 0 Å². The van der Waals surface area contributed by atoms with Crippen molar-refractivity contribution in [3.8, 4) is 11.1 Å². The number of carbonyl (C=O) groups excluding carboxylic acids is 1. The van der Waals surface area contributed by atoms with E-state index in [1.165, 1.54) is 12.1 Å². The molecule has 1 aliphatic rings. The number of ether oxygens (including phenoxy) is 1. The van der Waals surface area contributed by atoms with E-state index < -0.39 is 11.8 Å². The fourth-order valence-electron chi connectivity index (χ4n) is 3.33. The van der Waals surface area contributed by atoms with Crippen LogP contribution in [0.3, 0.4) is 0 Å². The van der Waals surface area contributed by atoms with Gasteiger partial charge in [-0.05, 0) is 74.2 Å². The van der Waals surface area contributed by atoms with Crippen LogP contribution in [0, 0.1) is 5.82 Å². The van der Waals surface area contributed by atoms with Gasteiger partial charge in [0.25, 0.3) is 0 Å². The maximum Gasteiger partial charge on any atom is 0.338 e. The Labute approximate surface area is 170 Å². The van der Waals surface area contributed by atoms with Crippen molar-refractivity contribution in [3.63, 3.8) is 0 Å². The van der Waals surface area contributed by atoms with E-state index >= 15 is 0 Å². The zero-order valence-electron chi connectivity index (χ0n) is 16.9. The van der Waals surface area contributed by atoms with Gasteiger partial charge in [-0.2, -0.15) is 0 Å². The van der Waals surface area contributed by atoms with Crippen LogP contribution in [-0.2, 0) is 22.5 Å². The summed E-state index contributed by atoms with van der Waals surface area (Å²) < 4.78 is 19.7. The number of nitrogens with zero attached hydrogens (tertiary/aromatic N) is 1. The van der Waals surface area contributed by atoms with Crippen molar-refractivity contribution in [2.45, 2.75) is 51.8 Å². The molecule has 6 heteroatoms. The molecule has 0 atom stereocenters. The van der Waals surface area contributed by atoms with E-state index in [4.69, 9.17) is 9.84 Å². The Morgan fingerprint density at radius 2 is 1.79 bits per heavy atom. The molecule has 0 saturated heterocycles. The first-order valence-electron chi connectivity index (χ1n) is 9.79. The van der Waals surface area contributed by atoms with E-state index in [0.29, 0.717) is 23.7 Å². The third-order valence-corrected chi connectivity index (χ3v) is 4.99. The Morgan fingerprint density at radius 3 is 2.38 bits per heavy atom. The number of benzene rings is 2. The van der Waals surface area contributed by atoms with Crippen LogP contribution < -0.4 is 0 Å². The van der Waals surface area contributed by atoms with Gasteiger partial charge in [-0.15, -0.1) is 0 Å². The highest BCUT2D eigenvalue weighted by molar-refractivity contribution is 5.92. The zero-order chi connectivity index (χ0) is 21.1. The van der Waals surface area contributed by atoms with Gasteiger partial charge >= 0.3 is 11.9 Å². The van der Waals surface area contributed by atoms with Crippen molar-refractivity contribution in [3.05, 3.63) is 58.9 Å². The Hall–Kier alpha value is -2.73. The molecule has 0 bridgehead atoms. The third kappa shape index (κ3) is 5.41. The number of aliphatic carboxylic acids is 1. The molecule has 1 aliphatic carbocycles. The number of carboxylic acids is 1. The lowest BCUT2D eigenvalue weighted by Gasteiger charge is -2.19. The second kappa shape index (κ2) is 8.74. The smallest absolute Gasteiger partial charge is 0.338 e. The van der Waals surface area contributed by atoms with E-state index in [0.717, 1.165) is 24.0 Å². The van der Waals surface area contributed by atoms with Crippen LogP contribution in [0.4, 0.5) is 4.39 Å². The van der Waals surface area contributed by atoms with Crippen LogP contribution in [-0.4, -0.2) is 41.1 Å². The van der Waals surface area contributed by atoms with Gasteiger partial charge in [0.05, 0.1) is 18.1 Å². The largest absolute Gasteiger partial charge is 0.481 e. The fraction of sp³-hybridized carbons (Fsp3) is 0.391. The number of hydrogen-bond donors (Lipinski definition) is 1. The second-order valence-electron chi connectivity index (χ2n) is 7.85. The molecule has 0 aliphatic heterocycles. The zero-order valence-corrected chi connectivity index (χ0v) is 16.9. The highest BCUT2D eigenvalue weighted by Crippen LogP contribution is 2.30. The Morgan fingerprint density at radius 1 is 1.14 bits per heavy atom. The van der Waals surface area contributed by atoms with Crippen LogP contribution in [0.1, 0.15) is 48.2 Å². The summed E-state index contributed by atoms with van der Waals surface area (Å²) in [4.78, 5) is 25.6. The van der Waals surface area contributed by atoms with Gasteiger partial charge in [0.2, 0.25) is 0 Å². The monoisotopic (exact) mass is 399 g/mol. The van der Waals surface area contributed by atoms with Crippen LogP contribution in [0.5, 0.6) is 0 Å². The molecule has 0 heterocycles. The summed E-state index contributed by atoms with van der Waals surface area (Å²) in [6.07, 6.45) is 1.73. The first-order chi connectivity index (χ1) is 13.7. The summed E-state index contributed by atoms with van der Waals surface area (Å²) >= 11 is 0. The molecule has 0 radical (unpaired) electrons. The van der Waals surface area contributed by atoms with Gasteiger partial charge in [-0.3, -0.25) is 9.69 Å². The summed E-state index contributed by atoms with van der Waals surface area (Å²) in [5, 5.41) is 8.88. The number of esters is 1. The van der Waals surface area contributed by atoms with Gasteiger partial charge in [0.15, 0.2) is 0 Å². The summed E-state index contributed by atoms with van der Waals surface area (Å²) in [5.41, 5.74) is 2.89.